The van der Waals surface area contributed by atoms with Gasteiger partial charge in [-0.25, -0.2) is 0 Å². The van der Waals surface area contributed by atoms with E-state index in [1.807, 2.05) is 0 Å². The minimum atomic E-state index is -0.414. The van der Waals surface area contributed by atoms with Gasteiger partial charge in [-0.15, -0.1) is 0 Å². The summed E-state index contributed by atoms with van der Waals surface area (Å²) in [7, 11) is 5.98. The number of methoxy groups -OCH3 is 4. The van der Waals surface area contributed by atoms with Gasteiger partial charge in [0.2, 0.25) is 0 Å². The molecule has 0 aromatic heterocycles. The number of rotatable bonds is 6. The van der Waals surface area contributed by atoms with Crippen LogP contribution < -0.4 is 30.0 Å². The fraction of sp³-hybridized carbons (Fsp3) is 0.235. The molecule has 1 amide bonds. The molecule has 0 atom stereocenters. The summed E-state index contributed by atoms with van der Waals surface area (Å²) in [6, 6.07) is 8.26. The van der Waals surface area contributed by atoms with E-state index in [4.69, 9.17) is 24.7 Å². The van der Waals surface area contributed by atoms with Crippen molar-refractivity contribution in [1.82, 2.24) is 0 Å². The third-order valence-corrected chi connectivity index (χ3v) is 3.46. The topological polar surface area (TPSA) is 92.0 Å². The average Bonchev–Trinajstić information content (AvgIpc) is 2.61. The van der Waals surface area contributed by atoms with Gasteiger partial charge >= 0.3 is 0 Å². The molecule has 2 aromatic rings. The van der Waals surface area contributed by atoms with E-state index in [2.05, 4.69) is 5.32 Å². The molecule has 7 heteroatoms. The minimum absolute atomic E-state index is 0.275. The zero-order valence-electron chi connectivity index (χ0n) is 14.0. The Morgan fingerprint density at radius 1 is 0.875 bits per heavy atom. The number of hydrogen-bond donors (Lipinski definition) is 2. The molecular weight excluding hydrogens is 312 g/mol. The molecule has 0 aliphatic rings. The lowest BCUT2D eigenvalue weighted by molar-refractivity contribution is 0.102. The van der Waals surface area contributed by atoms with Crippen LogP contribution in [0.15, 0.2) is 30.3 Å². The maximum Gasteiger partial charge on any atom is 0.263 e. The highest BCUT2D eigenvalue weighted by Gasteiger charge is 2.20. The number of benzene rings is 2. The number of carbonyl (C=O) groups is 1. The lowest BCUT2D eigenvalue weighted by atomic mass is 10.1. The van der Waals surface area contributed by atoms with E-state index in [0.717, 1.165) is 0 Å². The van der Waals surface area contributed by atoms with Gasteiger partial charge in [-0.2, -0.15) is 0 Å². The first-order chi connectivity index (χ1) is 11.5. The molecule has 0 bridgehead atoms. The lowest BCUT2D eigenvalue weighted by Gasteiger charge is -2.15. The van der Waals surface area contributed by atoms with Gasteiger partial charge in [-0.1, -0.05) is 6.07 Å². The number of nitrogen functional groups attached to an aromatic ring is 1. The molecule has 2 rings (SSSR count). The third-order valence-electron chi connectivity index (χ3n) is 3.46. The van der Waals surface area contributed by atoms with Gasteiger partial charge in [0.1, 0.15) is 17.1 Å². The predicted octanol–water partition coefficient (Wildman–Crippen LogP) is 2.56. The van der Waals surface area contributed by atoms with Crippen molar-refractivity contribution in [2.75, 3.05) is 39.5 Å². The van der Waals surface area contributed by atoms with Crippen molar-refractivity contribution < 1.29 is 23.7 Å². The maximum atomic E-state index is 12.7. The van der Waals surface area contributed by atoms with E-state index >= 15 is 0 Å². The van der Waals surface area contributed by atoms with Gasteiger partial charge in [-0.3, -0.25) is 4.79 Å². The molecule has 0 radical (unpaired) electrons. The van der Waals surface area contributed by atoms with Gasteiger partial charge in [0.25, 0.3) is 5.91 Å². The molecule has 24 heavy (non-hydrogen) atoms. The number of nitrogens with two attached hydrogens (primary N) is 1. The largest absolute Gasteiger partial charge is 0.496 e. The number of nitrogens with one attached hydrogen (secondary N) is 1. The van der Waals surface area contributed by atoms with Crippen LogP contribution in [-0.2, 0) is 0 Å². The molecule has 0 heterocycles. The molecule has 3 N–H and O–H groups in total. The van der Waals surface area contributed by atoms with Crippen molar-refractivity contribution in [3.05, 3.63) is 35.9 Å². The molecule has 128 valence electrons. The quantitative estimate of drug-likeness (QED) is 0.790. The zero-order chi connectivity index (χ0) is 17.7. The van der Waals surface area contributed by atoms with Crippen LogP contribution in [0.4, 0.5) is 11.4 Å². The summed E-state index contributed by atoms with van der Waals surface area (Å²) in [4.78, 5) is 12.7. The molecule has 0 aliphatic heterocycles. The van der Waals surface area contributed by atoms with E-state index in [1.165, 1.54) is 28.4 Å². The normalized spacial score (nSPS) is 10.0. The van der Waals surface area contributed by atoms with Crippen molar-refractivity contribution in [2.45, 2.75) is 0 Å². The van der Waals surface area contributed by atoms with E-state index in [1.54, 1.807) is 30.3 Å². The van der Waals surface area contributed by atoms with Crippen LogP contribution in [0, 0.1) is 0 Å². The van der Waals surface area contributed by atoms with Crippen molar-refractivity contribution in [1.29, 1.82) is 0 Å². The second kappa shape index (κ2) is 7.45. The highest BCUT2D eigenvalue weighted by atomic mass is 16.5. The van der Waals surface area contributed by atoms with Gasteiger partial charge in [0.05, 0.1) is 39.8 Å². The first kappa shape index (κ1) is 17.3. The molecule has 0 spiro atoms. The Labute approximate surface area is 140 Å². The standard InChI is InChI=1S/C17H20N2O5/c1-21-12-6-5-7-13(22-2)16(12)17(20)19-11-9-15(24-4)14(23-3)8-10(11)18/h5-9H,18H2,1-4H3,(H,19,20). The molecule has 0 saturated carbocycles. The number of amides is 1. The van der Waals surface area contributed by atoms with Gasteiger partial charge in [0, 0.05) is 12.1 Å². The Balaban J connectivity index is 2.41. The fourth-order valence-electron chi connectivity index (χ4n) is 2.26. The molecule has 7 nitrogen and oxygen atoms in total. The van der Waals surface area contributed by atoms with Crippen molar-refractivity contribution >= 4 is 17.3 Å². The fourth-order valence-corrected chi connectivity index (χ4v) is 2.26. The monoisotopic (exact) mass is 332 g/mol. The molecule has 2 aromatic carbocycles. The second-order valence-corrected chi connectivity index (χ2v) is 4.79. The second-order valence-electron chi connectivity index (χ2n) is 4.79. The Kier molecular flexibility index (Phi) is 5.36. The van der Waals surface area contributed by atoms with Gasteiger partial charge in [-0.05, 0) is 12.1 Å². The van der Waals surface area contributed by atoms with Crippen LogP contribution >= 0.6 is 0 Å². The smallest absolute Gasteiger partial charge is 0.263 e. The summed E-state index contributed by atoms with van der Waals surface area (Å²) in [6.45, 7) is 0. The highest BCUT2D eigenvalue weighted by Crippen LogP contribution is 2.36. The Bertz CT molecular complexity index is 724. The van der Waals surface area contributed by atoms with E-state index in [9.17, 15) is 4.79 Å². The summed E-state index contributed by atoms with van der Waals surface area (Å²) < 4.78 is 20.9. The molecule has 0 fully saturated rings. The third kappa shape index (κ3) is 3.29. The number of hydrogen-bond acceptors (Lipinski definition) is 6. The van der Waals surface area contributed by atoms with Crippen molar-refractivity contribution in [3.63, 3.8) is 0 Å². The summed E-state index contributed by atoms with van der Waals surface area (Å²) >= 11 is 0. The van der Waals surface area contributed by atoms with E-state index in [0.29, 0.717) is 34.4 Å². The maximum absolute atomic E-state index is 12.7. The zero-order valence-corrected chi connectivity index (χ0v) is 14.0. The summed E-state index contributed by atoms with van der Waals surface area (Å²) in [5.74, 6) is 1.30. The summed E-state index contributed by atoms with van der Waals surface area (Å²) in [6.07, 6.45) is 0. The molecule has 0 saturated heterocycles. The first-order valence-electron chi connectivity index (χ1n) is 7.09. The number of ether oxygens (including phenoxy) is 4. The lowest BCUT2D eigenvalue weighted by Crippen LogP contribution is -2.15. The van der Waals surface area contributed by atoms with Crippen LogP contribution in [-0.4, -0.2) is 34.3 Å². The van der Waals surface area contributed by atoms with Crippen LogP contribution in [0.1, 0.15) is 10.4 Å². The minimum Gasteiger partial charge on any atom is -0.496 e. The van der Waals surface area contributed by atoms with Crippen molar-refractivity contribution in [3.8, 4) is 23.0 Å². The SMILES string of the molecule is COc1cc(N)c(NC(=O)c2c(OC)cccc2OC)cc1OC. The summed E-state index contributed by atoms with van der Waals surface area (Å²) in [5, 5.41) is 2.74. The highest BCUT2D eigenvalue weighted by molar-refractivity contribution is 6.09. The first-order valence-corrected chi connectivity index (χ1v) is 7.09. The van der Waals surface area contributed by atoms with Gasteiger partial charge < -0.3 is 30.0 Å². The van der Waals surface area contributed by atoms with Crippen LogP contribution in [0.2, 0.25) is 0 Å². The number of anilines is 2. The van der Waals surface area contributed by atoms with Gasteiger partial charge in [0.15, 0.2) is 11.5 Å². The van der Waals surface area contributed by atoms with Crippen LogP contribution in [0.5, 0.6) is 23.0 Å². The van der Waals surface area contributed by atoms with E-state index < -0.39 is 5.91 Å². The molecule has 0 aliphatic carbocycles. The summed E-state index contributed by atoms with van der Waals surface area (Å²) in [5.41, 5.74) is 6.99. The Hall–Kier alpha value is -3.09. The van der Waals surface area contributed by atoms with E-state index in [-0.39, 0.29) is 5.56 Å². The van der Waals surface area contributed by atoms with Crippen LogP contribution in [0.25, 0.3) is 0 Å². The van der Waals surface area contributed by atoms with Crippen LogP contribution in [0.3, 0.4) is 0 Å². The molecule has 0 unspecified atom stereocenters. The Morgan fingerprint density at radius 3 is 1.88 bits per heavy atom. The Morgan fingerprint density at radius 2 is 1.38 bits per heavy atom. The van der Waals surface area contributed by atoms with Crippen molar-refractivity contribution in [2.24, 2.45) is 0 Å². The predicted molar refractivity (Wildman–Crippen MR) is 91.5 cm³/mol. The molecular formula is C17H20N2O5. The average molecular weight is 332 g/mol. The number of carbonyl (C=O) groups excluding carboxylic acids is 1.